The molecule has 1 fully saturated rings. The molecule has 1 aliphatic heterocycles. The van der Waals surface area contributed by atoms with Crippen molar-refractivity contribution in [3.8, 4) is 5.75 Å². The molecule has 1 atom stereocenters. The van der Waals surface area contributed by atoms with Crippen LogP contribution in [0.5, 0.6) is 5.75 Å². The van der Waals surface area contributed by atoms with E-state index in [-0.39, 0.29) is 11.8 Å². The highest BCUT2D eigenvalue weighted by Crippen LogP contribution is 2.29. The SMILES string of the molecule is COc1cccc(Nc2cc(C)nc(C3CCCN(CC(=O)Nc4cc(C)on4)C3)c2)c1. The minimum absolute atomic E-state index is 0.0865. The molecule has 4 rings (SSSR count). The van der Waals surface area contributed by atoms with Crippen molar-refractivity contribution in [1.29, 1.82) is 0 Å². The molecule has 168 valence electrons. The molecule has 0 saturated carbocycles. The number of anilines is 3. The Balaban J connectivity index is 1.41. The molecule has 1 aliphatic rings. The normalized spacial score (nSPS) is 16.5. The van der Waals surface area contributed by atoms with Crippen LogP contribution in [0, 0.1) is 13.8 Å². The van der Waals surface area contributed by atoms with Crippen LogP contribution in [0.4, 0.5) is 17.2 Å². The van der Waals surface area contributed by atoms with Gasteiger partial charge in [-0.05, 0) is 57.5 Å². The van der Waals surface area contributed by atoms with E-state index in [1.165, 1.54) is 0 Å². The van der Waals surface area contributed by atoms with Gasteiger partial charge in [-0.1, -0.05) is 11.2 Å². The van der Waals surface area contributed by atoms with Gasteiger partial charge in [0.2, 0.25) is 5.91 Å². The van der Waals surface area contributed by atoms with Crippen molar-refractivity contribution < 1.29 is 14.1 Å². The highest BCUT2D eigenvalue weighted by Gasteiger charge is 2.24. The number of rotatable bonds is 7. The zero-order valence-corrected chi connectivity index (χ0v) is 18.7. The quantitative estimate of drug-likeness (QED) is 0.573. The van der Waals surface area contributed by atoms with Crippen LogP contribution in [0.1, 0.15) is 35.9 Å². The number of aryl methyl sites for hydroxylation is 2. The number of methoxy groups -OCH3 is 1. The van der Waals surface area contributed by atoms with E-state index >= 15 is 0 Å². The Morgan fingerprint density at radius 1 is 1.22 bits per heavy atom. The van der Waals surface area contributed by atoms with Gasteiger partial charge >= 0.3 is 0 Å². The first-order chi connectivity index (χ1) is 15.5. The number of amides is 1. The van der Waals surface area contributed by atoms with E-state index in [2.05, 4.69) is 26.8 Å². The molecule has 8 nitrogen and oxygen atoms in total. The molecule has 0 spiro atoms. The first-order valence-electron chi connectivity index (χ1n) is 10.8. The van der Waals surface area contributed by atoms with E-state index < -0.39 is 0 Å². The summed E-state index contributed by atoms with van der Waals surface area (Å²) in [5, 5.41) is 10.1. The van der Waals surface area contributed by atoms with Gasteiger partial charge in [-0.2, -0.15) is 0 Å². The van der Waals surface area contributed by atoms with E-state index in [0.29, 0.717) is 18.1 Å². The summed E-state index contributed by atoms with van der Waals surface area (Å²) in [7, 11) is 1.66. The third kappa shape index (κ3) is 5.64. The molecule has 1 unspecified atom stereocenters. The maximum absolute atomic E-state index is 12.4. The summed E-state index contributed by atoms with van der Waals surface area (Å²) in [6.07, 6.45) is 2.07. The molecule has 2 N–H and O–H groups in total. The van der Waals surface area contributed by atoms with Gasteiger partial charge in [-0.3, -0.25) is 14.7 Å². The molecule has 1 saturated heterocycles. The highest BCUT2D eigenvalue weighted by atomic mass is 16.5. The third-order valence-electron chi connectivity index (χ3n) is 5.52. The second-order valence-corrected chi connectivity index (χ2v) is 8.22. The Bertz CT molecular complexity index is 1080. The maximum Gasteiger partial charge on any atom is 0.239 e. The summed E-state index contributed by atoms with van der Waals surface area (Å²) in [6, 6.07) is 13.7. The fraction of sp³-hybridized carbons (Fsp3) is 0.375. The number of piperidine rings is 1. The lowest BCUT2D eigenvalue weighted by Gasteiger charge is -2.32. The Hall–Kier alpha value is -3.39. The van der Waals surface area contributed by atoms with Gasteiger partial charge in [0.1, 0.15) is 11.5 Å². The molecular weight excluding hydrogens is 406 g/mol. The molecule has 3 heterocycles. The number of hydrogen-bond donors (Lipinski definition) is 2. The second-order valence-electron chi connectivity index (χ2n) is 8.22. The minimum atomic E-state index is -0.0865. The summed E-state index contributed by atoms with van der Waals surface area (Å²) in [4.78, 5) is 19.4. The average molecular weight is 436 g/mol. The summed E-state index contributed by atoms with van der Waals surface area (Å²) >= 11 is 0. The van der Waals surface area contributed by atoms with Gasteiger partial charge in [0, 0.05) is 47.4 Å². The number of carbonyl (C=O) groups is 1. The number of benzene rings is 1. The largest absolute Gasteiger partial charge is 0.497 e. The number of nitrogens with zero attached hydrogens (tertiary/aromatic N) is 3. The molecule has 3 aromatic rings. The lowest BCUT2D eigenvalue weighted by molar-refractivity contribution is -0.117. The predicted octanol–water partition coefficient (Wildman–Crippen LogP) is 4.26. The Morgan fingerprint density at radius 3 is 2.88 bits per heavy atom. The first kappa shape index (κ1) is 21.8. The molecule has 0 radical (unpaired) electrons. The van der Waals surface area contributed by atoms with Gasteiger partial charge in [0.05, 0.1) is 13.7 Å². The summed E-state index contributed by atoms with van der Waals surface area (Å²) in [5.74, 6) is 2.12. The van der Waals surface area contributed by atoms with Crippen molar-refractivity contribution in [3.05, 3.63) is 59.6 Å². The van der Waals surface area contributed by atoms with Crippen LogP contribution in [-0.4, -0.2) is 47.7 Å². The van der Waals surface area contributed by atoms with Gasteiger partial charge in [-0.25, -0.2) is 0 Å². The fourth-order valence-electron chi connectivity index (χ4n) is 4.09. The molecular formula is C24H29N5O3. The van der Waals surface area contributed by atoms with Crippen LogP contribution < -0.4 is 15.4 Å². The molecule has 32 heavy (non-hydrogen) atoms. The van der Waals surface area contributed by atoms with E-state index in [9.17, 15) is 4.79 Å². The zero-order valence-electron chi connectivity index (χ0n) is 18.7. The number of nitrogens with one attached hydrogen (secondary N) is 2. The maximum atomic E-state index is 12.4. The smallest absolute Gasteiger partial charge is 0.239 e. The Morgan fingerprint density at radius 2 is 2.09 bits per heavy atom. The molecule has 8 heteroatoms. The van der Waals surface area contributed by atoms with Crippen LogP contribution >= 0.6 is 0 Å². The van der Waals surface area contributed by atoms with Crippen molar-refractivity contribution in [2.75, 3.05) is 37.4 Å². The Labute approximate surface area is 188 Å². The lowest BCUT2D eigenvalue weighted by Crippen LogP contribution is -2.40. The molecule has 0 bridgehead atoms. The molecule has 0 aliphatic carbocycles. The summed E-state index contributed by atoms with van der Waals surface area (Å²) in [6.45, 7) is 5.81. The molecule has 2 aromatic heterocycles. The monoisotopic (exact) mass is 435 g/mol. The van der Waals surface area contributed by atoms with Gasteiger partial charge in [0.25, 0.3) is 0 Å². The third-order valence-corrected chi connectivity index (χ3v) is 5.52. The average Bonchev–Trinajstić information content (AvgIpc) is 3.18. The number of pyridine rings is 1. The zero-order chi connectivity index (χ0) is 22.5. The van der Waals surface area contributed by atoms with Crippen LogP contribution in [0.3, 0.4) is 0 Å². The lowest BCUT2D eigenvalue weighted by atomic mass is 9.93. The van der Waals surface area contributed by atoms with E-state index in [1.54, 1.807) is 20.1 Å². The molecule has 1 amide bonds. The van der Waals surface area contributed by atoms with Crippen molar-refractivity contribution in [3.63, 3.8) is 0 Å². The van der Waals surface area contributed by atoms with Gasteiger partial charge in [-0.15, -0.1) is 0 Å². The molecule has 1 aromatic carbocycles. The second kappa shape index (κ2) is 9.82. The number of ether oxygens (including phenoxy) is 1. The van der Waals surface area contributed by atoms with Crippen LogP contribution in [0.25, 0.3) is 0 Å². The minimum Gasteiger partial charge on any atom is -0.497 e. The number of carbonyl (C=O) groups excluding carboxylic acids is 1. The van der Waals surface area contributed by atoms with E-state index in [4.69, 9.17) is 14.2 Å². The van der Waals surface area contributed by atoms with Crippen molar-refractivity contribution >= 4 is 23.1 Å². The predicted molar refractivity (Wildman–Crippen MR) is 124 cm³/mol. The standard InChI is InChI=1S/C24H29N5O3/c1-16-10-20(26-19-7-4-8-21(12-19)31-3)13-22(25-16)18-6-5-9-29(14-18)15-24(30)27-23-11-17(2)32-28-23/h4,7-8,10-13,18H,5-6,9,14-15H2,1-3H3,(H,25,26)(H,27,28,30). The Kier molecular flexibility index (Phi) is 6.70. The number of hydrogen-bond acceptors (Lipinski definition) is 7. The van der Waals surface area contributed by atoms with Crippen molar-refractivity contribution in [2.45, 2.75) is 32.6 Å². The fourth-order valence-corrected chi connectivity index (χ4v) is 4.09. The van der Waals surface area contributed by atoms with Crippen LogP contribution in [0.15, 0.2) is 47.0 Å². The van der Waals surface area contributed by atoms with Gasteiger partial charge in [0.15, 0.2) is 5.82 Å². The first-order valence-corrected chi connectivity index (χ1v) is 10.8. The topological polar surface area (TPSA) is 92.5 Å². The number of aromatic nitrogens is 2. The van der Waals surface area contributed by atoms with Crippen LogP contribution in [0.2, 0.25) is 0 Å². The summed E-state index contributed by atoms with van der Waals surface area (Å²) in [5.41, 5.74) is 3.97. The number of likely N-dealkylation sites (tertiary alicyclic amines) is 1. The van der Waals surface area contributed by atoms with Gasteiger partial charge < -0.3 is 19.9 Å². The highest BCUT2D eigenvalue weighted by molar-refractivity contribution is 5.91. The van der Waals surface area contributed by atoms with Crippen LogP contribution in [-0.2, 0) is 4.79 Å². The van der Waals surface area contributed by atoms with Crippen molar-refractivity contribution in [2.24, 2.45) is 0 Å². The van der Waals surface area contributed by atoms with E-state index in [0.717, 1.165) is 54.4 Å². The van der Waals surface area contributed by atoms with E-state index in [1.807, 2.05) is 37.3 Å². The van der Waals surface area contributed by atoms with Crippen molar-refractivity contribution in [1.82, 2.24) is 15.0 Å². The summed E-state index contributed by atoms with van der Waals surface area (Å²) < 4.78 is 10.3.